The number of carbonyl (C=O) groups is 1. The van der Waals surface area contributed by atoms with Crippen molar-refractivity contribution in [2.45, 2.75) is 64.6 Å². The van der Waals surface area contributed by atoms with Crippen molar-refractivity contribution >= 4 is 5.91 Å². The van der Waals surface area contributed by atoms with Crippen LogP contribution in [-0.2, 0) is 35.5 Å². The Hall–Kier alpha value is -2.25. The molecule has 2 aliphatic heterocycles. The summed E-state index contributed by atoms with van der Waals surface area (Å²) in [6, 6.07) is 9.00. The molecular weight excluding hydrogens is 378 g/mol. The van der Waals surface area contributed by atoms with Crippen molar-refractivity contribution < 1.29 is 9.53 Å². The van der Waals surface area contributed by atoms with Crippen molar-refractivity contribution in [2.75, 3.05) is 26.2 Å². The highest BCUT2D eigenvalue weighted by Gasteiger charge is 2.23. The maximum absolute atomic E-state index is 12.1. The molecule has 1 fully saturated rings. The molecule has 1 amide bonds. The largest absolute Gasteiger partial charge is 0.368 e. The average Bonchev–Trinajstić information content (AvgIpc) is 3.37. The van der Waals surface area contributed by atoms with Gasteiger partial charge in [0, 0.05) is 52.2 Å². The van der Waals surface area contributed by atoms with E-state index in [0.717, 1.165) is 57.1 Å². The highest BCUT2D eigenvalue weighted by Crippen LogP contribution is 2.17. The Labute approximate surface area is 178 Å². The summed E-state index contributed by atoms with van der Waals surface area (Å²) < 4.78 is 7.67. The normalized spacial score (nSPS) is 19.6. The number of ether oxygens (including phenoxy) is 1. The van der Waals surface area contributed by atoms with Crippen molar-refractivity contribution in [3.05, 3.63) is 47.0 Å². The summed E-state index contributed by atoms with van der Waals surface area (Å²) in [7, 11) is 0. The molecule has 4 rings (SSSR count). The van der Waals surface area contributed by atoms with E-state index in [0.29, 0.717) is 25.5 Å². The van der Waals surface area contributed by atoms with Crippen molar-refractivity contribution in [3.63, 3.8) is 0 Å². The molecule has 1 saturated heterocycles. The van der Waals surface area contributed by atoms with Crippen LogP contribution in [0.25, 0.3) is 0 Å². The molecule has 0 spiro atoms. The molecule has 2 aromatic rings. The number of hydrogen-bond donors (Lipinski definition) is 1. The number of benzene rings is 1. The molecule has 0 aliphatic carbocycles. The average molecular weight is 412 g/mol. The van der Waals surface area contributed by atoms with Crippen LogP contribution in [0, 0.1) is 0 Å². The second-order valence-electron chi connectivity index (χ2n) is 8.65. The minimum Gasteiger partial charge on any atom is -0.368 e. The highest BCUT2D eigenvalue weighted by atomic mass is 16.5. The number of nitrogens with zero attached hydrogens (tertiary/aromatic N) is 4. The van der Waals surface area contributed by atoms with Crippen molar-refractivity contribution in [2.24, 2.45) is 0 Å². The zero-order valence-electron chi connectivity index (χ0n) is 18.1. The van der Waals surface area contributed by atoms with E-state index in [2.05, 4.69) is 63.1 Å². The summed E-state index contributed by atoms with van der Waals surface area (Å²) in [5, 5.41) is 11.8. The van der Waals surface area contributed by atoms with Gasteiger partial charge >= 0.3 is 0 Å². The summed E-state index contributed by atoms with van der Waals surface area (Å²) >= 11 is 0. The van der Waals surface area contributed by atoms with E-state index in [9.17, 15) is 4.79 Å². The standard InChI is InChI=1S/C23H33N5O2/c1-17(2)19-7-5-18(6-8-19)16-27-12-10-22-26-25-21(28(22)14-13-27)9-11-24-23(29)20-4-3-15-30-20/h5-8,17,20H,3-4,9-16H2,1-2H3,(H,24,29)/t20-/m0/s1. The number of hydrogen-bond acceptors (Lipinski definition) is 5. The van der Waals surface area contributed by atoms with Gasteiger partial charge in [0.05, 0.1) is 0 Å². The van der Waals surface area contributed by atoms with Crippen LogP contribution in [0.1, 0.15) is 55.4 Å². The third-order valence-corrected chi connectivity index (χ3v) is 6.12. The van der Waals surface area contributed by atoms with Gasteiger partial charge in [-0.25, -0.2) is 0 Å². The molecule has 1 atom stereocenters. The lowest BCUT2D eigenvalue weighted by Gasteiger charge is -2.20. The summed E-state index contributed by atoms with van der Waals surface area (Å²) in [5.74, 6) is 2.57. The molecule has 1 aromatic heterocycles. The van der Waals surface area contributed by atoms with E-state index in [1.54, 1.807) is 0 Å². The lowest BCUT2D eigenvalue weighted by Crippen LogP contribution is -2.35. The van der Waals surface area contributed by atoms with Gasteiger partial charge in [0.1, 0.15) is 17.8 Å². The summed E-state index contributed by atoms with van der Waals surface area (Å²) in [6.45, 7) is 9.53. The van der Waals surface area contributed by atoms with Gasteiger partial charge in [-0.15, -0.1) is 10.2 Å². The second kappa shape index (κ2) is 9.71. The molecule has 30 heavy (non-hydrogen) atoms. The number of aromatic nitrogens is 3. The first-order valence-electron chi connectivity index (χ1n) is 11.2. The van der Waals surface area contributed by atoms with E-state index >= 15 is 0 Å². The van der Waals surface area contributed by atoms with Crippen LogP contribution in [0.5, 0.6) is 0 Å². The zero-order chi connectivity index (χ0) is 20.9. The van der Waals surface area contributed by atoms with Gasteiger partial charge in [-0.05, 0) is 29.9 Å². The smallest absolute Gasteiger partial charge is 0.249 e. The quantitative estimate of drug-likeness (QED) is 0.757. The molecule has 1 aromatic carbocycles. The van der Waals surface area contributed by atoms with Crippen LogP contribution in [0.4, 0.5) is 0 Å². The molecular formula is C23H33N5O2. The maximum atomic E-state index is 12.1. The van der Waals surface area contributed by atoms with Crippen LogP contribution in [-0.4, -0.2) is 57.9 Å². The zero-order valence-corrected chi connectivity index (χ0v) is 18.1. The SMILES string of the molecule is CC(C)c1ccc(CN2CCc3nnc(CCNC(=O)[C@@H]4CCCO4)n3CC2)cc1. The van der Waals surface area contributed by atoms with Gasteiger partial charge in [0.15, 0.2) is 0 Å². The predicted molar refractivity (Wildman–Crippen MR) is 115 cm³/mol. The lowest BCUT2D eigenvalue weighted by atomic mass is 10.0. The van der Waals surface area contributed by atoms with E-state index in [-0.39, 0.29) is 12.0 Å². The predicted octanol–water partition coefficient (Wildman–Crippen LogP) is 2.30. The van der Waals surface area contributed by atoms with Crippen molar-refractivity contribution in [1.29, 1.82) is 0 Å². The van der Waals surface area contributed by atoms with Gasteiger partial charge in [0.2, 0.25) is 5.91 Å². The molecule has 7 nitrogen and oxygen atoms in total. The molecule has 3 heterocycles. The molecule has 0 saturated carbocycles. The first-order valence-corrected chi connectivity index (χ1v) is 11.2. The monoisotopic (exact) mass is 411 g/mol. The van der Waals surface area contributed by atoms with Gasteiger partial charge in [0.25, 0.3) is 0 Å². The minimum absolute atomic E-state index is 0.00207. The number of carbonyl (C=O) groups excluding carboxylic acids is 1. The first kappa shape index (κ1) is 21.0. The molecule has 162 valence electrons. The third-order valence-electron chi connectivity index (χ3n) is 6.12. The van der Waals surface area contributed by atoms with Crippen molar-refractivity contribution in [1.82, 2.24) is 25.0 Å². The van der Waals surface area contributed by atoms with Crippen LogP contribution in [0.15, 0.2) is 24.3 Å². The Morgan fingerprint density at radius 2 is 2.03 bits per heavy atom. The Balaban J connectivity index is 1.28. The van der Waals surface area contributed by atoms with Crippen LogP contribution < -0.4 is 5.32 Å². The van der Waals surface area contributed by atoms with E-state index < -0.39 is 0 Å². The molecule has 1 N–H and O–H groups in total. The lowest BCUT2D eigenvalue weighted by molar-refractivity contribution is -0.130. The Bertz CT molecular complexity index is 840. The van der Waals surface area contributed by atoms with E-state index in [1.165, 1.54) is 11.1 Å². The minimum atomic E-state index is -0.274. The highest BCUT2D eigenvalue weighted by molar-refractivity contribution is 5.80. The third kappa shape index (κ3) is 5.08. The van der Waals surface area contributed by atoms with Crippen molar-refractivity contribution in [3.8, 4) is 0 Å². The fourth-order valence-corrected chi connectivity index (χ4v) is 4.23. The molecule has 0 radical (unpaired) electrons. The van der Waals surface area contributed by atoms with E-state index in [1.807, 2.05) is 0 Å². The summed E-state index contributed by atoms with van der Waals surface area (Å²) in [6.07, 6.45) is 3.11. The summed E-state index contributed by atoms with van der Waals surface area (Å²) in [4.78, 5) is 14.6. The Morgan fingerprint density at radius 1 is 1.20 bits per heavy atom. The fourth-order valence-electron chi connectivity index (χ4n) is 4.23. The van der Waals surface area contributed by atoms with Crippen LogP contribution in [0.2, 0.25) is 0 Å². The van der Waals surface area contributed by atoms with Crippen LogP contribution in [0.3, 0.4) is 0 Å². The molecule has 2 aliphatic rings. The van der Waals surface area contributed by atoms with Gasteiger partial charge in [-0.2, -0.15) is 0 Å². The first-order chi connectivity index (χ1) is 14.6. The number of amides is 1. The Kier molecular flexibility index (Phi) is 6.79. The number of fused-ring (bicyclic) bond motifs is 1. The van der Waals surface area contributed by atoms with Gasteiger partial charge in [-0.1, -0.05) is 38.1 Å². The Morgan fingerprint density at radius 3 is 2.77 bits per heavy atom. The number of rotatable bonds is 7. The molecule has 0 unspecified atom stereocenters. The summed E-state index contributed by atoms with van der Waals surface area (Å²) in [5.41, 5.74) is 2.74. The van der Waals surface area contributed by atoms with E-state index in [4.69, 9.17) is 4.74 Å². The molecule has 0 bridgehead atoms. The van der Waals surface area contributed by atoms with Gasteiger partial charge in [-0.3, -0.25) is 9.69 Å². The topological polar surface area (TPSA) is 72.3 Å². The van der Waals surface area contributed by atoms with Gasteiger partial charge < -0.3 is 14.6 Å². The van der Waals surface area contributed by atoms with Crippen LogP contribution >= 0.6 is 0 Å². The molecule has 7 heteroatoms. The number of nitrogens with one attached hydrogen (secondary N) is 1. The second-order valence-corrected chi connectivity index (χ2v) is 8.65. The fraction of sp³-hybridized carbons (Fsp3) is 0.609. The maximum Gasteiger partial charge on any atom is 0.249 e.